The predicted molar refractivity (Wildman–Crippen MR) is 133 cm³/mol. The van der Waals surface area contributed by atoms with E-state index >= 15 is 0 Å². The summed E-state index contributed by atoms with van der Waals surface area (Å²) in [6, 6.07) is 17.1. The van der Waals surface area contributed by atoms with Crippen LogP contribution < -0.4 is 10.2 Å². The zero-order valence-electron chi connectivity index (χ0n) is 20.9. The van der Waals surface area contributed by atoms with Gasteiger partial charge in [-0.2, -0.15) is 0 Å². The molecule has 8 heteroatoms. The Hall–Kier alpha value is -3.68. The number of anilines is 1. The van der Waals surface area contributed by atoms with Crippen LogP contribution >= 0.6 is 0 Å². The smallest absolute Gasteiger partial charge is 0.408 e. The third-order valence-corrected chi connectivity index (χ3v) is 5.96. The van der Waals surface area contributed by atoms with Crippen LogP contribution in [0.15, 0.2) is 60.7 Å². The molecular weight excluding hydrogens is 448 g/mol. The summed E-state index contributed by atoms with van der Waals surface area (Å²) in [5.41, 5.74) is -0.191. The number of ether oxygens (including phenoxy) is 2. The van der Waals surface area contributed by atoms with Crippen LogP contribution in [0.2, 0.25) is 0 Å². The maximum Gasteiger partial charge on any atom is 0.408 e. The Morgan fingerprint density at radius 1 is 0.971 bits per heavy atom. The summed E-state index contributed by atoms with van der Waals surface area (Å²) in [5, 5.41) is 2.63. The SMILES string of the molecule is COC(=O)CC[C@](C)(C(=O)[C@@H](NC(=O)OCc1ccccc1)C(C)C)C(=O)N(C)c1ccccc1. The van der Waals surface area contributed by atoms with Gasteiger partial charge in [0.15, 0.2) is 5.78 Å². The number of nitrogens with one attached hydrogen (secondary N) is 1. The molecule has 0 saturated heterocycles. The van der Waals surface area contributed by atoms with E-state index in [2.05, 4.69) is 5.32 Å². The Balaban J connectivity index is 2.27. The Morgan fingerprint density at radius 2 is 1.54 bits per heavy atom. The van der Waals surface area contributed by atoms with E-state index in [-0.39, 0.29) is 25.4 Å². The van der Waals surface area contributed by atoms with Crippen molar-refractivity contribution in [2.45, 2.75) is 46.3 Å². The van der Waals surface area contributed by atoms with Crippen molar-refractivity contribution >= 4 is 29.4 Å². The van der Waals surface area contributed by atoms with E-state index in [1.807, 2.05) is 36.4 Å². The highest BCUT2D eigenvalue weighted by Gasteiger charge is 2.47. The Bertz CT molecular complexity index is 1010. The molecule has 0 aromatic heterocycles. The zero-order valence-corrected chi connectivity index (χ0v) is 20.9. The predicted octanol–water partition coefficient (Wildman–Crippen LogP) is 4.13. The minimum atomic E-state index is -1.60. The number of rotatable bonds is 11. The van der Waals surface area contributed by atoms with Crippen molar-refractivity contribution in [3.8, 4) is 0 Å². The van der Waals surface area contributed by atoms with E-state index in [0.29, 0.717) is 5.69 Å². The number of carbonyl (C=O) groups is 4. The largest absolute Gasteiger partial charge is 0.469 e. The summed E-state index contributed by atoms with van der Waals surface area (Å²) >= 11 is 0. The molecule has 0 saturated carbocycles. The van der Waals surface area contributed by atoms with Crippen LogP contribution in [0.3, 0.4) is 0 Å². The quantitative estimate of drug-likeness (QED) is 0.382. The second-order valence-electron chi connectivity index (χ2n) is 8.90. The summed E-state index contributed by atoms with van der Waals surface area (Å²) in [6.45, 7) is 5.09. The molecule has 0 heterocycles. The van der Waals surface area contributed by atoms with Gasteiger partial charge in [-0.15, -0.1) is 0 Å². The number of esters is 1. The summed E-state index contributed by atoms with van der Waals surface area (Å²) in [7, 11) is 2.83. The maximum absolute atomic E-state index is 13.8. The number of hydrogen-bond donors (Lipinski definition) is 1. The number of nitrogens with zero attached hydrogens (tertiary/aromatic N) is 1. The normalized spacial score (nSPS) is 13.3. The molecule has 0 unspecified atom stereocenters. The number of methoxy groups -OCH3 is 1. The maximum atomic E-state index is 13.8. The number of carbonyl (C=O) groups excluding carboxylic acids is 4. The van der Waals surface area contributed by atoms with Gasteiger partial charge in [0.1, 0.15) is 12.0 Å². The molecule has 2 aromatic rings. The standard InChI is InChI=1S/C27H34N2O6/c1-19(2)23(28-26(33)35-18-20-12-8-6-9-13-20)24(31)27(3,17-16-22(30)34-5)25(32)29(4)21-14-10-7-11-15-21/h6-15,19,23H,16-18H2,1-5H3,(H,28,33)/t23-,27+/m0/s1. The topological polar surface area (TPSA) is 102 Å². The van der Waals surface area contributed by atoms with Gasteiger partial charge in [-0.3, -0.25) is 14.4 Å². The second kappa shape index (κ2) is 12.7. The van der Waals surface area contributed by atoms with Gasteiger partial charge in [0.25, 0.3) is 0 Å². The van der Waals surface area contributed by atoms with Crippen LogP contribution in [0.5, 0.6) is 0 Å². The fourth-order valence-electron chi connectivity index (χ4n) is 3.70. The number of alkyl carbamates (subject to hydrolysis) is 1. The Kier molecular flexibility index (Phi) is 9.99. The van der Waals surface area contributed by atoms with Gasteiger partial charge < -0.3 is 19.7 Å². The molecule has 188 valence electrons. The minimum absolute atomic E-state index is 0.0426. The van der Waals surface area contributed by atoms with Crippen LogP contribution in [-0.4, -0.2) is 44.0 Å². The Morgan fingerprint density at radius 3 is 2.09 bits per heavy atom. The fraction of sp³-hybridized carbons (Fsp3) is 0.407. The minimum Gasteiger partial charge on any atom is -0.469 e. The van der Waals surface area contributed by atoms with Crippen molar-refractivity contribution < 1.29 is 28.7 Å². The van der Waals surface area contributed by atoms with Crippen molar-refractivity contribution in [2.75, 3.05) is 19.1 Å². The van der Waals surface area contributed by atoms with Crippen molar-refractivity contribution in [3.05, 3.63) is 66.2 Å². The van der Waals surface area contributed by atoms with E-state index in [0.717, 1.165) is 5.56 Å². The van der Waals surface area contributed by atoms with Crippen molar-refractivity contribution in [1.82, 2.24) is 5.32 Å². The zero-order chi connectivity index (χ0) is 26.0. The molecule has 1 N–H and O–H groups in total. The second-order valence-corrected chi connectivity index (χ2v) is 8.90. The number of ketones is 1. The lowest BCUT2D eigenvalue weighted by Crippen LogP contribution is -2.55. The average molecular weight is 483 g/mol. The van der Waals surface area contributed by atoms with Crippen LogP contribution in [-0.2, 0) is 30.5 Å². The molecule has 0 radical (unpaired) electrons. The lowest BCUT2D eigenvalue weighted by Gasteiger charge is -2.35. The van der Waals surface area contributed by atoms with Gasteiger partial charge in [-0.05, 0) is 37.0 Å². The highest BCUT2D eigenvalue weighted by molar-refractivity contribution is 6.14. The fourth-order valence-corrected chi connectivity index (χ4v) is 3.70. The Labute approximate surface area is 206 Å². The van der Waals surface area contributed by atoms with Gasteiger partial charge in [-0.25, -0.2) is 4.79 Å². The number of para-hydroxylation sites is 1. The molecule has 2 rings (SSSR count). The van der Waals surface area contributed by atoms with E-state index < -0.39 is 35.2 Å². The first-order valence-electron chi connectivity index (χ1n) is 11.5. The van der Waals surface area contributed by atoms with E-state index in [9.17, 15) is 19.2 Å². The molecule has 0 spiro atoms. The van der Waals surface area contributed by atoms with Gasteiger partial charge >= 0.3 is 12.1 Å². The van der Waals surface area contributed by atoms with Gasteiger partial charge in [0.2, 0.25) is 5.91 Å². The van der Waals surface area contributed by atoms with Gasteiger partial charge in [0.05, 0.1) is 13.2 Å². The third-order valence-electron chi connectivity index (χ3n) is 5.96. The molecule has 2 amide bonds. The van der Waals surface area contributed by atoms with E-state index in [1.165, 1.54) is 18.9 Å². The van der Waals surface area contributed by atoms with E-state index in [4.69, 9.17) is 9.47 Å². The highest BCUT2D eigenvalue weighted by atomic mass is 16.5. The number of benzene rings is 2. The molecule has 35 heavy (non-hydrogen) atoms. The van der Waals surface area contributed by atoms with Crippen LogP contribution in [0.4, 0.5) is 10.5 Å². The first-order chi connectivity index (χ1) is 16.6. The average Bonchev–Trinajstić information content (AvgIpc) is 2.88. The highest BCUT2D eigenvalue weighted by Crippen LogP contribution is 2.32. The molecule has 0 aliphatic rings. The summed E-state index contributed by atoms with van der Waals surface area (Å²) in [5.74, 6) is -1.85. The molecule has 2 atom stereocenters. The van der Waals surface area contributed by atoms with Crippen LogP contribution in [0.25, 0.3) is 0 Å². The lowest BCUT2D eigenvalue weighted by atomic mass is 9.74. The molecule has 0 aliphatic heterocycles. The summed E-state index contributed by atoms with van der Waals surface area (Å²) < 4.78 is 10.0. The van der Waals surface area contributed by atoms with Gasteiger partial charge in [0, 0.05) is 19.2 Å². The first kappa shape index (κ1) is 27.6. The molecule has 2 aromatic carbocycles. The van der Waals surface area contributed by atoms with E-state index in [1.54, 1.807) is 45.2 Å². The third kappa shape index (κ3) is 7.40. The molecule has 0 bridgehead atoms. The van der Waals surface area contributed by atoms with Crippen molar-refractivity contribution in [3.63, 3.8) is 0 Å². The summed E-state index contributed by atoms with van der Waals surface area (Å²) in [4.78, 5) is 53.3. The molecular formula is C27H34N2O6. The van der Waals surface area contributed by atoms with Crippen molar-refractivity contribution in [1.29, 1.82) is 0 Å². The molecule has 0 aliphatic carbocycles. The number of Topliss-reactive ketones (excluding diaryl/α,β-unsaturated/α-hetero) is 1. The lowest BCUT2D eigenvalue weighted by molar-refractivity contribution is -0.145. The number of hydrogen-bond acceptors (Lipinski definition) is 6. The van der Waals surface area contributed by atoms with Crippen LogP contribution in [0, 0.1) is 11.3 Å². The monoisotopic (exact) mass is 482 g/mol. The molecule has 0 fully saturated rings. The number of amides is 2. The molecule has 8 nitrogen and oxygen atoms in total. The van der Waals surface area contributed by atoms with Crippen LogP contribution in [0.1, 0.15) is 39.2 Å². The first-order valence-corrected chi connectivity index (χ1v) is 11.5. The summed E-state index contributed by atoms with van der Waals surface area (Å²) in [6.07, 6.45) is -0.963. The van der Waals surface area contributed by atoms with Crippen molar-refractivity contribution in [2.24, 2.45) is 11.3 Å². The van der Waals surface area contributed by atoms with Gasteiger partial charge in [-0.1, -0.05) is 62.4 Å².